The molecule has 1 atom stereocenters. The van der Waals surface area contributed by atoms with Crippen molar-refractivity contribution in [3.63, 3.8) is 0 Å². The molecule has 1 aliphatic rings. The second-order valence-corrected chi connectivity index (χ2v) is 4.03. The predicted molar refractivity (Wildman–Crippen MR) is 49.6 cm³/mol. The molecule has 0 aromatic carbocycles. The van der Waals surface area contributed by atoms with Crippen molar-refractivity contribution in [2.45, 2.75) is 32.5 Å². The zero-order chi connectivity index (χ0) is 10.1. The minimum atomic E-state index is -0.243. The van der Waals surface area contributed by atoms with Crippen LogP contribution in [-0.2, 0) is 4.74 Å². The summed E-state index contributed by atoms with van der Waals surface area (Å²) in [7, 11) is 0. The molecule has 0 saturated carbocycles. The van der Waals surface area contributed by atoms with Crippen molar-refractivity contribution in [1.82, 2.24) is 4.90 Å². The lowest BCUT2D eigenvalue weighted by Gasteiger charge is -2.41. The first-order valence-electron chi connectivity index (χ1n) is 4.35. The fourth-order valence-corrected chi connectivity index (χ4v) is 1.69. The lowest BCUT2D eigenvalue weighted by atomic mass is 10.1. The number of hydrogen-bond donors (Lipinski definition) is 2. The molecule has 13 heavy (non-hydrogen) atoms. The fraction of sp³-hybridized carbons (Fsp3) is 0.875. The molecule has 1 unspecified atom stereocenters. The van der Waals surface area contributed by atoms with Gasteiger partial charge < -0.3 is 20.6 Å². The fourth-order valence-electron chi connectivity index (χ4n) is 1.69. The SMILES string of the molecule is CC1CN(C(N)=NO)CC(C)(C)O1. The van der Waals surface area contributed by atoms with Crippen LogP contribution in [0.5, 0.6) is 0 Å². The molecular formula is C8H17N3O2. The number of ether oxygens (including phenoxy) is 1. The van der Waals surface area contributed by atoms with E-state index in [1.54, 1.807) is 0 Å². The van der Waals surface area contributed by atoms with E-state index in [1.807, 2.05) is 25.7 Å². The van der Waals surface area contributed by atoms with Crippen molar-refractivity contribution >= 4 is 5.96 Å². The van der Waals surface area contributed by atoms with Crippen molar-refractivity contribution in [3.8, 4) is 0 Å². The number of rotatable bonds is 0. The van der Waals surface area contributed by atoms with Crippen LogP contribution in [-0.4, -0.2) is 40.9 Å². The van der Waals surface area contributed by atoms with Gasteiger partial charge in [0.25, 0.3) is 0 Å². The highest BCUT2D eigenvalue weighted by Gasteiger charge is 2.32. The molecule has 1 heterocycles. The van der Waals surface area contributed by atoms with Crippen LogP contribution in [0.2, 0.25) is 0 Å². The van der Waals surface area contributed by atoms with E-state index in [4.69, 9.17) is 15.7 Å². The van der Waals surface area contributed by atoms with E-state index < -0.39 is 0 Å². The average molecular weight is 187 g/mol. The molecule has 0 amide bonds. The summed E-state index contributed by atoms with van der Waals surface area (Å²) in [5, 5.41) is 11.5. The topological polar surface area (TPSA) is 71.1 Å². The van der Waals surface area contributed by atoms with Gasteiger partial charge in [0, 0.05) is 13.1 Å². The zero-order valence-electron chi connectivity index (χ0n) is 8.32. The first kappa shape index (κ1) is 10.1. The number of oxime groups is 1. The van der Waals surface area contributed by atoms with E-state index >= 15 is 0 Å². The molecule has 0 aromatic rings. The van der Waals surface area contributed by atoms with Gasteiger partial charge >= 0.3 is 0 Å². The lowest BCUT2D eigenvalue weighted by Crippen LogP contribution is -2.55. The van der Waals surface area contributed by atoms with Gasteiger partial charge in [0.05, 0.1) is 11.7 Å². The van der Waals surface area contributed by atoms with Gasteiger partial charge in [0.1, 0.15) is 0 Å². The summed E-state index contributed by atoms with van der Waals surface area (Å²) in [4.78, 5) is 1.81. The third kappa shape index (κ3) is 2.48. The maximum Gasteiger partial charge on any atom is 0.233 e. The van der Waals surface area contributed by atoms with Crippen LogP contribution in [0.15, 0.2) is 5.16 Å². The summed E-state index contributed by atoms with van der Waals surface area (Å²) < 4.78 is 5.66. The minimum absolute atomic E-state index is 0.101. The van der Waals surface area contributed by atoms with Gasteiger partial charge in [0.2, 0.25) is 5.96 Å². The van der Waals surface area contributed by atoms with Crippen molar-refractivity contribution in [3.05, 3.63) is 0 Å². The van der Waals surface area contributed by atoms with Crippen LogP contribution in [0.4, 0.5) is 0 Å². The van der Waals surface area contributed by atoms with Crippen molar-refractivity contribution in [2.75, 3.05) is 13.1 Å². The predicted octanol–water partition coefficient (Wildman–Crippen LogP) is 0.190. The van der Waals surface area contributed by atoms with Crippen LogP contribution in [0.25, 0.3) is 0 Å². The maximum absolute atomic E-state index is 8.52. The summed E-state index contributed by atoms with van der Waals surface area (Å²) in [5.41, 5.74) is 5.26. The highest BCUT2D eigenvalue weighted by Crippen LogP contribution is 2.20. The molecule has 1 aliphatic heterocycles. The van der Waals surface area contributed by atoms with Gasteiger partial charge in [0.15, 0.2) is 0 Å². The van der Waals surface area contributed by atoms with E-state index in [0.717, 1.165) is 0 Å². The zero-order valence-corrected chi connectivity index (χ0v) is 8.32. The third-order valence-corrected chi connectivity index (χ3v) is 2.00. The molecule has 1 fully saturated rings. The highest BCUT2D eigenvalue weighted by atomic mass is 16.5. The first-order valence-corrected chi connectivity index (χ1v) is 4.35. The maximum atomic E-state index is 8.52. The van der Waals surface area contributed by atoms with E-state index in [-0.39, 0.29) is 17.7 Å². The van der Waals surface area contributed by atoms with Crippen LogP contribution in [0, 0.1) is 0 Å². The second kappa shape index (κ2) is 3.41. The highest BCUT2D eigenvalue weighted by molar-refractivity contribution is 5.77. The van der Waals surface area contributed by atoms with Gasteiger partial charge in [-0.15, -0.1) is 0 Å². The van der Waals surface area contributed by atoms with E-state index in [2.05, 4.69) is 5.16 Å². The Labute approximate surface area is 78.1 Å². The molecular weight excluding hydrogens is 170 g/mol. The molecule has 76 valence electrons. The van der Waals surface area contributed by atoms with Gasteiger partial charge in [-0.2, -0.15) is 0 Å². The Morgan fingerprint density at radius 1 is 1.69 bits per heavy atom. The Hall–Kier alpha value is -0.970. The number of nitrogens with zero attached hydrogens (tertiary/aromatic N) is 2. The summed E-state index contributed by atoms with van der Waals surface area (Å²) in [6.07, 6.45) is 0.101. The Bertz CT molecular complexity index is 215. The largest absolute Gasteiger partial charge is 0.408 e. The van der Waals surface area contributed by atoms with Crippen LogP contribution in [0.3, 0.4) is 0 Å². The molecule has 3 N–H and O–H groups in total. The summed E-state index contributed by atoms with van der Waals surface area (Å²) >= 11 is 0. The van der Waals surface area contributed by atoms with Gasteiger partial charge in [-0.1, -0.05) is 5.16 Å². The number of hydrogen-bond acceptors (Lipinski definition) is 3. The number of guanidine groups is 1. The molecule has 1 rings (SSSR count). The van der Waals surface area contributed by atoms with E-state index in [9.17, 15) is 0 Å². The summed E-state index contributed by atoms with van der Waals surface area (Å²) in [5.74, 6) is 0.156. The first-order chi connectivity index (χ1) is 5.94. The Balaban J connectivity index is 2.68. The Kier molecular flexibility index (Phi) is 2.66. The molecule has 0 radical (unpaired) electrons. The Morgan fingerprint density at radius 3 is 2.77 bits per heavy atom. The molecule has 5 nitrogen and oxygen atoms in total. The molecule has 5 heteroatoms. The molecule has 0 aliphatic carbocycles. The van der Waals surface area contributed by atoms with Gasteiger partial charge in [-0.3, -0.25) is 0 Å². The average Bonchev–Trinajstić information content (AvgIpc) is 1.99. The molecule has 0 bridgehead atoms. The van der Waals surface area contributed by atoms with E-state index in [1.165, 1.54) is 0 Å². The van der Waals surface area contributed by atoms with Crippen LogP contribution >= 0.6 is 0 Å². The summed E-state index contributed by atoms with van der Waals surface area (Å²) in [6.45, 7) is 7.26. The van der Waals surface area contributed by atoms with Crippen LogP contribution < -0.4 is 5.73 Å². The smallest absolute Gasteiger partial charge is 0.233 e. The monoisotopic (exact) mass is 187 g/mol. The lowest BCUT2D eigenvalue weighted by molar-refractivity contribution is -0.113. The molecule has 0 aromatic heterocycles. The second-order valence-electron chi connectivity index (χ2n) is 4.03. The normalized spacial score (nSPS) is 29.0. The number of morpholine rings is 1. The quantitative estimate of drug-likeness (QED) is 0.246. The van der Waals surface area contributed by atoms with Crippen molar-refractivity contribution in [1.29, 1.82) is 0 Å². The third-order valence-electron chi connectivity index (χ3n) is 2.00. The molecule has 0 spiro atoms. The summed E-state index contributed by atoms with van der Waals surface area (Å²) in [6, 6.07) is 0. The van der Waals surface area contributed by atoms with Crippen LogP contribution in [0.1, 0.15) is 20.8 Å². The van der Waals surface area contributed by atoms with Crippen molar-refractivity contribution < 1.29 is 9.94 Å². The van der Waals surface area contributed by atoms with Crippen molar-refractivity contribution in [2.24, 2.45) is 10.9 Å². The molecule has 1 saturated heterocycles. The Morgan fingerprint density at radius 2 is 2.31 bits per heavy atom. The minimum Gasteiger partial charge on any atom is -0.408 e. The van der Waals surface area contributed by atoms with E-state index in [0.29, 0.717) is 13.1 Å². The number of nitrogens with two attached hydrogens (primary N) is 1. The standard InChI is InChI=1S/C8H17N3O2/c1-6-4-11(7(9)10-12)5-8(2,3)13-6/h6,12H,4-5H2,1-3H3,(H2,9,10). The van der Waals surface area contributed by atoms with Gasteiger partial charge in [-0.05, 0) is 20.8 Å². The van der Waals surface area contributed by atoms with Gasteiger partial charge in [-0.25, -0.2) is 0 Å².